The number of carboxylic acids is 1. The summed E-state index contributed by atoms with van der Waals surface area (Å²) in [5, 5.41) is 17.1. The second-order valence-electron chi connectivity index (χ2n) is 4.19. The lowest BCUT2D eigenvalue weighted by Crippen LogP contribution is -2.31. The van der Waals surface area contributed by atoms with Gasteiger partial charge in [-0.2, -0.15) is 0 Å². The molecule has 1 aromatic carbocycles. The van der Waals surface area contributed by atoms with Gasteiger partial charge in [0.15, 0.2) is 0 Å². The van der Waals surface area contributed by atoms with Crippen LogP contribution in [0.5, 0.6) is 0 Å². The van der Waals surface area contributed by atoms with Crippen molar-refractivity contribution in [2.24, 2.45) is 0 Å². The summed E-state index contributed by atoms with van der Waals surface area (Å²) in [4.78, 5) is 27.1. The molecule has 2 amide bonds. The second-order valence-corrected chi connectivity index (χ2v) is 5.55. The van der Waals surface area contributed by atoms with Crippen molar-refractivity contribution in [2.45, 2.75) is 13.0 Å². The molecule has 0 spiro atoms. The average molecular weight is 326 g/mol. The predicted molar refractivity (Wildman–Crippen MR) is 81.1 cm³/mol. The standard InChI is InChI=1S/C13H12ClN3O3S/c1-7(11-15-4-5-21-11)16-13(20)17-10-3-2-8(14)6-9(10)12(18)19/h2-7H,1H3,(H,18,19)(H2,16,17,20). The highest BCUT2D eigenvalue weighted by molar-refractivity contribution is 7.09. The number of rotatable bonds is 4. The fourth-order valence-corrected chi connectivity index (χ4v) is 2.49. The summed E-state index contributed by atoms with van der Waals surface area (Å²) in [6.45, 7) is 1.79. The van der Waals surface area contributed by atoms with Gasteiger partial charge in [-0.3, -0.25) is 0 Å². The van der Waals surface area contributed by atoms with Gasteiger partial charge in [0.05, 0.1) is 17.3 Å². The molecule has 0 saturated heterocycles. The highest BCUT2D eigenvalue weighted by atomic mass is 35.5. The molecule has 0 bridgehead atoms. The molecule has 1 heterocycles. The number of aromatic nitrogens is 1. The van der Waals surface area contributed by atoms with E-state index in [9.17, 15) is 9.59 Å². The van der Waals surface area contributed by atoms with Crippen molar-refractivity contribution in [3.8, 4) is 0 Å². The van der Waals surface area contributed by atoms with Gasteiger partial charge in [-0.05, 0) is 25.1 Å². The molecule has 0 aliphatic carbocycles. The molecule has 0 aliphatic rings. The van der Waals surface area contributed by atoms with Crippen molar-refractivity contribution >= 4 is 40.6 Å². The summed E-state index contributed by atoms with van der Waals surface area (Å²) >= 11 is 7.17. The van der Waals surface area contributed by atoms with Gasteiger partial charge >= 0.3 is 12.0 Å². The molecular formula is C13H12ClN3O3S. The molecule has 1 aromatic heterocycles. The third-order valence-electron chi connectivity index (χ3n) is 2.63. The lowest BCUT2D eigenvalue weighted by Gasteiger charge is -2.13. The van der Waals surface area contributed by atoms with Gasteiger partial charge in [0, 0.05) is 16.6 Å². The molecular weight excluding hydrogens is 314 g/mol. The van der Waals surface area contributed by atoms with Gasteiger partial charge in [-0.25, -0.2) is 14.6 Å². The van der Waals surface area contributed by atoms with Crippen LogP contribution in [0.4, 0.5) is 10.5 Å². The first-order valence-corrected chi connectivity index (χ1v) is 7.23. The van der Waals surface area contributed by atoms with E-state index in [0.717, 1.165) is 5.01 Å². The quantitative estimate of drug-likeness (QED) is 0.803. The first-order valence-electron chi connectivity index (χ1n) is 5.97. The normalized spacial score (nSPS) is 11.7. The number of nitrogens with one attached hydrogen (secondary N) is 2. The molecule has 0 saturated carbocycles. The van der Waals surface area contributed by atoms with Gasteiger partial charge in [0.1, 0.15) is 5.01 Å². The second kappa shape index (κ2) is 6.55. The maximum atomic E-state index is 11.9. The third kappa shape index (κ3) is 3.93. The zero-order valence-electron chi connectivity index (χ0n) is 11.0. The molecule has 6 nitrogen and oxygen atoms in total. The summed E-state index contributed by atoms with van der Waals surface area (Å²) in [5.74, 6) is -1.17. The number of carbonyl (C=O) groups excluding carboxylic acids is 1. The molecule has 110 valence electrons. The van der Waals surface area contributed by atoms with Gasteiger partial charge in [-0.15, -0.1) is 11.3 Å². The van der Waals surface area contributed by atoms with Crippen LogP contribution in [0.15, 0.2) is 29.8 Å². The van der Waals surface area contributed by atoms with Gasteiger partial charge in [0.25, 0.3) is 0 Å². The predicted octanol–water partition coefficient (Wildman–Crippen LogP) is 3.38. The minimum absolute atomic E-state index is 0.0699. The molecule has 8 heteroatoms. The molecule has 1 atom stereocenters. The maximum absolute atomic E-state index is 11.9. The van der Waals surface area contributed by atoms with Crippen LogP contribution >= 0.6 is 22.9 Å². The fourth-order valence-electron chi connectivity index (χ4n) is 1.67. The van der Waals surface area contributed by atoms with E-state index in [0.29, 0.717) is 0 Å². The number of carbonyl (C=O) groups is 2. The minimum Gasteiger partial charge on any atom is -0.478 e. The van der Waals surface area contributed by atoms with E-state index in [2.05, 4.69) is 15.6 Å². The number of benzene rings is 1. The van der Waals surface area contributed by atoms with Crippen molar-refractivity contribution in [3.05, 3.63) is 45.4 Å². The van der Waals surface area contributed by atoms with E-state index in [1.165, 1.54) is 29.5 Å². The number of anilines is 1. The summed E-state index contributed by atoms with van der Waals surface area (Å²) in [7, 11) is 0. The molecule has 1 unspecified atom stereocenters. The molecule has 2 aromatic rings. The van der Waals surface area contributed by atoms with Crippen molar-refractivity contribution in [1.29, 1.82) is 0 Å². The summed E-state index contributed by atoms with van der Waals surface area (Å²) in [6, 6.07) is 3.45. The van der Waals surface area contributed by atoms with Crippen molar-refractivity contribution in [2.75, 3.05) is 5.32 Å². The zero-order valence-corrected chi connectivity index (χ0v) is 12.5. The van der Waals surface area contributed by atoms with Crippen molar-refractivity contribution in [1.82, 2.24) is 10.3 Å². The number of hydrogen-bond acceptors (Lipinski definition) is 4. The Balaban J connectivity index is 2.08. The number of carboxylic acid groups (broad SMARTS) is 1. The van der Waals surface area contributed by atoms with Crippen LogP contribution in [0.3, 0.4) is 0 Å². The highest BCUT2D eigenvalue weighted by Gasteiger charge is 2.15. The topological polar surface area (TPSA) is 91.3 Å². The molecule has 2 rings (SSSR count). The smallest absolute Gasteiger partial charge is 0.337 e. The largest absolute Gasteiger partial charge is 0.478 e. The number of aromatic carboxylic acids is 1. The third-order valence-corrected chi connectivity index (χ3v) is 3.82. The Morgan fingerprint density at radius 3 is 2.81 bits per heavy atom. The van der Waals surface area contributed by atoms with Crippen LogP contribution in [-0.2, 0) is 0 Å². The summed E-state index contributed by atoms with van der Waals surface area (Å²) < 4.78 is 0. The van der Waals surface area contributed by atoms with Crippen LogP contribution in [-0.4, -0.2) is 22.1 Å². The molecule has 0 fully saturated rings. The lowest BCUT2D eigenvalue weighted by molar-refractivity contribution is 0.0698. The molecule has 0 aliphatic heterocycles. The van der Waals surface area contributed by atoms with Crippen molar-refractivity contribution < 1.29 is 14.7 Å². The monoisotopic (exact) mass is 325 g/mol. The summed E-state index contributed by atoms with van der Waals surface area (Å²) in [6.07, 6.45) is 1.65. The highest BCUT2D eigenvalue weighted by Crippen LogP contribution is 2.21. The first kappa shape index (κ1) is 15.3. The average Bonchev–Trinajstić information content (AvgIpc) is 2.94. The van der Waals surface area contributed by atoms with Crippen LogP contribution in [0.1, 0.15) is 28.3 Å². The van der Waals surface area contributed by atoms with Gasteiger partial charge in [-0.1, -0.05) is 11.6 Å². The Morgan fingerprint density at radius 2 is 2.19 bits per heavy atom. The van der Waals surface area contributed by atoms with Crippen molar-refractivity contribution in [3.63, 3.8) is 0 Å². The Morgan fingerprint density at radius 1 is 1.43 bits per heavy atom. The number of urea groups is 1. The molecule has 0 radical (unpaired) electrons. The Bertz CT molecular complexity index is 661. The van der Waals surface area contributed by atoms with E-state index < -0.39 is 12.0 Å². The number of halogens is 1. The van der Waals surface area contributed by atoms with E-state index in [-0.39, 0.29) is 22.3 Å². The van der Waals surface area contributed by atoms with Gasteiger partial charge < -0.3 is 15.7 Å². The number of thiazole rings is 1. The van der Waals surface area contributed by atoms with Crippen LogP contribution < -0.4 is 10.6 Å². The van der Waals surface area contributed by atoms with Crippen LogP contribution in [0.2, 0.25) is 5.02 Å². The van der Waals surface area contributed by atoms with E-state index in [1.54, 1.807) is 13.1 Å². The minimum atomic E-state index is -1.17. The number of nitrogens with zero attached hydrogens (tertiary/aromatic N) is 1. The Hall–Kier alpha value is -2.12. The zero-order chi connectivity index (χ0) is 15.4. The van der Waals surface area contributed by atoms with E-state index >= 15 is 0 Å². The Kier molecular flexibility index (Phi) is 4.77. The van der Waals surface area contributed by atoms with Crippen LogP contribution in [0, 0.1) is 0 Å². The maximum Gasteiger partial charge on any atom is 0.337 e. The fraction of sp³-hybridized carbons (Fsp3) is 0.154. The summed E-state index contributed by atoms with van der Waals surface area (Å²) in [5.41, 5.74) is 0.107. The Labute approximate surface area is 129 Å². The molecule has 21 heavy (non-hydrogen) atoms. The molecule has 3 N–H and O–H groups in total. The van der Waals surface area contributed by atoms with Gasteiger partial charge in [0.2, 0.25) is 0 Å². The van der Waals surface area contributed by atoms with E-state index in [1.807, 2.05) is 5.38 Å². The van der Waals surface area contributed by atoms with E-state index in [4.69, 9.17) is 16.7 Å². The SMILES string of the molecule is CC(NC(=O)Nc1ccc(Cl)cc1C(=O)O)c1nccs1. The van der Waals surface area contributed by atoms with Crippen LogP contribution in [0.25, 0.3) is 0 Å². The number of amides is 2. The number of hydrogen-bond donors (Lipinski definition) is 3. The first-order chi connectivity index (χ1) is 9.97. The lowest BCUT2D eigenvalue weighted by atomic mass is 10.2.